The molecule has 0 aromatic carbocycles. The zero-order valence-corrected chi connectivity index (χ0v) is 11.4. The summed E-state index contributed by atoms with van der Waals surface area (Å²) < 4.78 is 5.03. The molecule has 1 N–H and O–H groups in total. The molecular formula is C13H23NO4. The van der Waals surface area contributed by atoms with Crippen LogP contribution in [0.25, 0.3) is 0 Å². The van der Waals surface area contributed by atoms with Gasteiger partial charge in [0.2, 0.25) is 5.91 Å². The molecule has 0 aromatic heterocycles. The number of carbonyl (C=O) groups is 2. The zero-order chi connectivity index (χ0) is 13.7. The van der Waals surface area contributed by atoms with Crippen molar-refractivity contribution in [2.75, 3.05) is 20.3 Å². The molecule has 0 aromatic rings. The maximum Gasteiger partial charge on any atom is 0.307 e. The van der Waals surface area contributed by atoms with Crippen molar-refractivity contribution in [3.05, 3.63) is 0 Å². The van der Waals surface area contributed by atoms with Crippen molar-refractivity contribution < 1.29 is 19.4 Å². The van der Waals surface area contributed by atoms with Crippen LogP contribution in [0.5, 0.6) is 0 Å². The molecule has 0 heterocycles. The van der Waals surface area contributed by atoms with Gasteiger partial charge < -0.3 is 14.7 Å². The van der Waals surface area contributed by atoms with Gasteiger partial charge in [0.05, 0.1) is 18.4 Å². The molecule has 104 valence electrons. The number of aliphatic carboxylic acids is 1. The third kappa shape index (κ3) is 3.45. The van der Waals surface area contributed by atoms with Crippen LogP contribution in [0.2, 0.25) is 0 Å². The average Bonchev–Trinajstić information content (AvgIpc) is 3.14. The van der Waals surface area contributed by atoms with E-state index < -0.39 is 11.9 Å². The lowest BCUT2D eigenvalue weighted by atomic mass is 10.1. The third-order valence-corrected chi connectivity index (χ3v) is 3.63. The van der Waals surface area contributed by atoms with Crippen molar-refractivity contribution in [1.29, 1.82) is 0 Å². The minimum absolute atomic E-state index is 0.0202. The molecule has 5 heteroatoms. The zero-order valence-electron chi connectivity index (χ0n) is 11.4. The number of carboxylic acids is 1. The normalized spacial score (nSPS) is 22.0. The van der Waals surface area contributed by atoms with Crippen molar-refractivity contribution in [2.45, 2.75) is 39.2 Å². The van der Waals surface area contributed by atoms with E-state index in [-0.39, 0.29) is 17.9 Å². The molecule has 0 spiro atoms. The van der Waals surface area contributed by atoms with Crippen molar-refractivity contribution in [2.24, 2.45) is 11.8 Å². The fourth-order valence-corrected chi connectivity index (χ4v) is 2.35. The molecule has 18 heavy (non-hydrogen) atoms. The predicted molar refractivity (Wildman–Crippen MR) is 67.2 cm³/mol. The standard InChI is InChI=1S/C13H23NO4/c1-4-9(5-2)14(6-7-18-3)12(15)10-8-11(10)13(16)17/h9-11H,4-8H2,1-3H3,(H,16,17)/t10-,11+/m1/s1. The molecule has 5 nitrogen and oxygen atoms in total. The SMILES string of the molecule is CCC(CC)N(CCOC)C(=O)[C@@H]1C[C@@H]1C(=O)O. The molecule has 2 atom stereocenters. The smallest absolute Gasteiger partial charge is 0.307 e. The molecule has 1 aliphatic rings. The van der Waals surface area contributed by atoms with Gasteiger partial charge in [0.25, 0.3) is 0 Å². The average molecular weight is 257 g/mol. The van der Waals surface area contributed by atoms with E-state index in [0.717, 1.165) is 12.8 Å². The summed E-state index contributed by atoms with van der Waals surface area (Å²) in [4.78, 5) is 24.9. The number of hydrogen-bond donors (Lipinski definition) is 1. The van der Waals surface area contributed by atoms with Gasteiger partial charge in [-0.3, -0.25) is 9.59 Å². The summed E-state index contributed by atoms with van der Waals surface area (Å²) in [6, 6.07) is 0.183. The summed E-state index contributed by atoms with van der Waals surface area (Å²) in [6.07, 6.45) is 2.25. The van der Waals surface area contributed by atoms with Crippen LogP contribution >= 0.6 is 0 Å². The molecule has 1 aliphatic carbocycles. The molecule has 1 amide bonds. The number of carbonyl (C=O) groups excluding carboxylic acids is 1. The number of ether oxygens (including phenoxy) is 1. The fraction of sp³-hybridized carbons (Fsp3) is 0.846. The molecule has 0 bridgehead atoms. The van der Waals surface area contributed by atoms with E-state index in [1.54, 1.807) is 12.0 Å². The summed E-state index contributed by atoms with van der Waals surface area (Å²) in [5.74, 6) is -1.67. The van der Waals surface area contributed by atoms with Gasteiger partial charge in [-0.25, -0.2) is 0 Å². The Bertz CT molecular complexity index is 301. The van der Waals surface area contributed by atoms with Gasteiger partial charge in [-0.15, -0.1) is 0 Å². The van der Waals surface area contributed by atoms with Crippen molar-refractivity contribution in [3.63, 3.8) is 0 Å². The first-order chi connectivity index (χ1) is 8.56. The Hall–Kier alpha value is -1.10. The molecular weight excluding hydrogens is 234 g/mol. The maximum atomic E-state index is 12.3. The van der Waals surface area contributed by atoms with Crippen LogP contribution in [-0.4, -0.2) is 48.2 Å². The number of hydrogen-bond acceptors (Lipinski definition) is 3. The van der Waals surface area contributed by atoms with Crippen molar-refractivity contribution >= 4 is 11.9 Å². The molecule has 1 rings (SSSR count). The molecule has 0 radical (unpaired) electrons. The number of rotatable bonds is 8. The van der Waals surface area contributed by atoms with Gasteiger partial charge in [0, 0.05) is 19.7 Å². The Morgan fingerprint density at radius 1 is 1.33 bits per heavy atom. The van der Waals surface area contributed by atoms with Gasteiger partial charge in [0.15, 0.2) is 0 Å². The topological polar surface area (TPSA) is 66.8 Å². The van der Waals surface area contributed by atoms with Gasteiger partial charge >= 0.3 is 5.97 Å². The van der Waals surface area contributed by atoms with Gasteiger partial charge in [0.1, 0.15) is 0 Å². The lowest BCUT2D eigenvalue weighted by Crippen LogP contribution is -2.43. The van der Waals surface area contributed by atoms with Gasteiger partial charge in [-0.1, -0.05) is 13.8 Å². The molecule has 0 aliphatic heterocycles. The van der Waals surface area contributed by atoms with E-state index in [1.165, 1.54) is 0 Å². The number of methoxy groups -OCH3 is 1. The van der Waals surface area contributed by atoms with E-state index in [1.807, 2.05) is 13.8 Å². The first-order valence-corrected chi connectivity index (χ1v) is 6.58. The summed E-state index contributed by atoms with van der Waals surface area (Å²) in [6.45, 7) is 5.13. The molecule has 0 unspecified atom stereocenters. The monoisotopic (exact) mass is 257 g/mol. The van der Waals surface area contributed by atoms with Crippen LogP contribution in [0.15, 0.2) is 0 Å². The Morgan fingerprint density at radius 3 is 2.33 bits per heavy atom. The second kappa shape index (κ2) is 6.73. The third-order valence-electron chi connectivity index (χ3n) is 3.63. The van der Waals surface area contributed by atoms with Crippen LogP contribution < -0.4 is 0 Å². The first kappa shape index (κ1) is 15.0. The van der Waals surface area contributed by atoms with Crippen LogP contribution in [0.1, 0.15) is 33.1 Å². The van der Waals surface area contributed by atoms with Gasteiger partial charge in [-0.2, -0.15) is 0 Å². The van der Waals surface area contributed by atoms with Crippen molar-refractivity contribution in [1.82, 2.24) is 4.90 Å². The fourth-order valence-electron chi connectivity index (χ4n) is 2.35. The number of carboxylic acid groups (broad SMARTS) is 1. The Kier molecular flexibility index (Phi) is 5.59. The van der Waals surface area contributed by atoms with E-state index >= 15 is 0 Å². The maximum absolute atomic E-state index is 12.3. The second-order valence-electron chi connectivity index (χ2n) is 4.78. The summed E-state index contributed by atoms with van der Waals surface area (Å²) in [7, 11) is 1.60. The molecule has 1 fully saturated rings. The number of amides is 1. The van der Waals surface area contributed by atoms with Crippen LogP contribution in [-0.2, 0) is 14.3 Å². The minimum atomic E-state index is -0.857. The highest BCUT2D eigenvalue weighted by molar-refractivity contribution is 5.89. The van der Waals surface area contributed by atoms with Crippen molar-refractivity contribution in [3.8, 4) is 0 Å². The Balaban J connectivity index is 2.64. The van der Waals surface area contributed by atoms with E-state index in [4.69, 9.17) is 9.84 Å². The highest BCUT2D eigenvalue weighted by atomic mass is 16.5. The highest BCUT2D eigenvalue weighted by Crippen LogP contribution is 2.40. The molecule has 1 saturated carbocycles. The van der Waals surface area contributed by atoms with E-state index in [2.05, 4.69) is 0 Å². The highest BCUT2D eigenvalue weighted by Gasteiger charge is 2.50. The van der Waals surface area contributed by atoms with Crippen LogP contribution in [0.3, 0.4) is 0 Å². The second-order valence-corrected chi connectivity index (χ2v) is 4.78. The summed E-state index contributed by atoms with van der Waals surface area (Å²) in [5, 5.41) is 8.89. The predicted octanol–water partition coefficient (Wildman–Crippen LogP) is 1.37. The van der Waals surface area contributed by atoms with E-state index in [9.17, 15) is 9.59 Å². The lowest BCUT2D eigenvalue weighted by molar-refractivity contribution is -0.143. The summed E-state index contributed by atoms with van der Waals surface area (Å²) >= 11 is 0. The Morgan fingerprint density at radius 2 is 1.94 bits per heavy atom. The van der Waals surface area contributed by atoms with Crippen LogP contribution in [0.4, 0.5) is 0 Å². The molecule has 0 saturated heterocycles. The number of nitrogens with zero attached hydrogens (tertiary/aromatic N) is 1. The van der Waals surface area contributed by atoms with E-state index in [0.29, 0.717) is 19.6 Å². The lowest BCUT2D eigenvalue weighted by Gasteiger charge is -2.30. The van der Waals surface area contributed by atoms with Crippen LogP contribution in [0, 0.1) is 11.8 Å². The largest absolute Gasteiger partial charge is 0.481 e. The first-order valence-electron chi connectivity index (χ1n) is 6.58. The quantitative estimate of drug-likeness (QED) is 0.713. The van der Waals surface area contributed by atoms with Gasteiger partial charge in [-0.05, 0) is 19.3 Å². The minimum Gasteiger partial charge on any atom is -0.481 e. The Labute approximate surface area is 108 Å². The summed E-state index contributed by atoms with van der Waals surface area (Å²) in [5.41, 5.74) is 0.